The predicted octanol–water partition coefficient (Wildman–Crippen LogP) is 2.59. The molecule has 0 bridgehead atoms. The molecule has 1 amide bonds. The van der Waals surface area contributed by atoms with E-state index >= 15 is 0 Å². The Morgan fingerprint density at radius 2 is 1.87 bits per heavy atom. The van der Waals surface area contributed by atoms with E-state index in [0.29, 0.717) is 0 Å². The number of methoxy groups -OCH3 is 1. The molecule has 8 heteroatoms. The summed E-state index contributed by atoms with van der Waals surface area (Å²) in [5.74, 6) is -0.946. The van der Waals surface area contributed by atoms with Gasteiger partial charge in [0.2, 0.25) is 5.91 Å². The lowest BCUT2D eigenvalue weighted by Crippen LogP contribution is -2.15. The van der Waals surface area contributed by atoms with E-state index in [1.165, 1.54) is 38.3 Å². The molecule has 0 atom stereocenters. The van der Waals surface area contributed by atoms with Crippen molar-refractivity contribution in [3.05, 3.63) is 48.3 Å². The molecule has 122 valence electrons. The summed E-state index contributed by atoms with van der Waals surface area (Å²) >= 11 is 0. The van der Waals surface area contributed by atoms with Gasteiger partial charge in [0.15, 0.2) is 0 Å². The molecule has 2 aromatic carbocycles. The lowest BCUT2D eigenvalue weighted by molar-refractivity contribution is -0.114. The Morgan fingerprint density at radius 1 is 1.17 bits per heavy atom. The smallest absolute Gasteiger partial charge is 0.265 e. The van der Waals surface area contributed by atoms with Gasteiger partial charge in [-0.15, -0.1) is 0 Å². The standard InChI is InChI=1S/C15H15FN2O4S/c1-10(19)17-13-9-11(7-8-12(13)16)18-23(20,21)15-6-4-3-5-14(15)22-2/h3-9,18H,1-2H3,(H,17,19). The van der Waals surface area contributed by atoms with Crippen LogP contribution in [0.4, 0.5) is 15.8 Å². The molecular weight excluding hydrogens is 323 g/mol. The number of anilines is 2. The first-order valence-electron chi connectivity index (χ1n) is 6.56. The van der Waals surface area contributed by atoms with E-state index in [1.54, 1.807) is 12.1 Å². The van der Waals surface area contributed by atoms with Gasteiger partial charge in [-0.25, -0.2) is 12.8 Å². The maximum atomic E-state index is 13.6. The monoisotopic (exact) mass is 338 g/mol. The fourth-order valence-corrected chi connectivity index (χ4v) is 3.15. The highest BCUT2D eigenvalue weighted by Crippen LogP contribution is 2.27. The molecule has 0 radical (unpaired) electrons. The lowest BCUT2D eigenvalue weighted by Gasteiger charge is -2.12. The molecule has 2 N–H and O–H groups in total. The number of carbonyl (C=O) groups is 1. The number of ether oxygens (including phenoxy) is 1. The van der Waals surface area contributed by atoms with Crippen LogP contribution in [0, 0.1) is 5.82 Å². The summed E-state index contributed by atoms with van der Waals surface area (Å²) in [5.41, 5.74) is -0.00113. The number of benzene rings is 2. The van der Waals surface area contributed by atoms with Gasteiger partial charge in [0, 0.05) is 6.92 Å². The molecule has 0 saturated heterocycles. The highest BCUT2D eigenvalue weighted by molar-refractivity contribution is 7.92. The lowest BCUT2D eigenvalue weighted by atomic mass is 10.2. The molecule has 0 aliphatic rings. The molecule has 0 aliphatic heterocycles. The molecule has 0 heterocycles. The van der Waals surface area contributed by atoms with Crippen molar-refractivity contribution in [3.63, 3.8) is 0 Å². The Morgan fingerprint density at radius 3 is 2.52 bits per heavy atom. The zero-order valence-corrected chi connectivity index (χ0v) is 13.3. The second-order valence-electron chi connectivity index (χ2n) is 4.63. The van der Waals surface area contributed by atoms with Gasteiger partial charge in [-0.1, -0.05) is 12.1 Å². The average molecular weight is 338 g/mol. The molecule has 0 unspecified atom stereocenters. The predicted molar refractivity (Wildman–Crippen MR) is 84.5 cm³/mol. The van der Waals surface area contributed by atoms with Crippen LogP contribution in [0.25, 0.3) is 0 Å². The van der Waals surface area contributed by atoms with E-state index in [-0.39, 0.29) is 22.0 Å². The Kier molecular flexibility index (Phi) is 4.85. The fraction of sp³-hybridized carbons (Fsp3) is 0.133. The van der Waals surface area contributed by atoms with Crippen LogP contribution in [0.3, 0.4) is 0 Å². The zero-order chi connectivity index (χ0) is 17.0. The summed E-state index contributed by atoms with van der Waals surface area (Å²) in [5, 5.41) is 2.29. The van der Waals surface area contributed by atoms with Crippen molar-refractivity contribution in [3.8, 4) is 5.75 Å². The third-order valence-corrected chi connectivity index (χ3v) is 4.31. The van der Waals surface area contributed by atoms with Gasteiger partial charge in [0.25, 0.3) is 10.0 Å². The van der Waals surface area contributed by atoms with Crippen LogP contribution in [-0.2, 0) is 14.8 Å². The van der Waals surface area contributed by atoms with Gasteiger partial charge in [0.05, 0.1) is 18.5 Å². The number of halogens is 1. The minimum absolute atomic E-state index is 0.0482. The zero-order valence-electron chi connectivity index (χ0n) is 12.5. The molecule has 0 aromatic heterocycles. The van der Waals surface area contributed by atoms with Crippen LogP contribution < -0.4 is 14.8 Å². The Hall–Kier alpha value is -2.61. The van der Waals surface area contributed by atoms with E-state index in [4.69, 9.17) is 4.74 Å². The molecule has 2 rings (SSSR count). The number of hydrogen-bond donors (Lipinski definition) is 2. The summed E-state index contributed by atoms with van der Waals surface area (Å²) in [4.78, 5) is 11.0. The van der Waals surface area contributed by atoms with Gasteiger partial charge in [-0.2, -0.15) is 0 Å². The Labute approximate surface area is 133 Å². The van der Waals surface area contributed by atoms with Crippen LogP contribution in [-0.4, -0.2) is 21.4 Å². The molecular formula is C15H15FN2O4S. The summed E-state index contributed by atoms with van der Waals surface area (Å²) in [6.07, 6.45) is 0. The van der Waals surface area contributed by atoms with E-state index in [0.717, 1.165) is 6.07 Å². The quantitative estimate of drug-likeness (QED) is 0.877. The molecule has 0 aliphatic carbocycles. The van der Waals surface area contributed by atoms with Gasteiger partial charge in [-0.3, -0.25) is 9.52 Å². The summed E-state index contributed by atoms with van der Waals surface area (Å²) < 4.78 is 45.8. The maximum Gasteiger partial charge on any atom is 0.265 e. The van der Waals surface area contributed by atoms with Crippen LogP contribution in [0.1, 0.15) is 6.92 Å². The molecule has 0 fully saturated rings. The number of sulfonamides is 1. The minimum atomic E-state index is -3.92. The van der Waals surface area contributed by atoms with E-state index in [2.05, 4.69) is 10.0 Å². The Bertz CT molecular complexity index is 837. The van der Waals surface area contributed by atoms with Gasteiger partial charge in [-0.05, 0) is 30.3 Å². The van der Waals surface area contributed by atoms with Crippen molar-refractivity contribution in [2.45, 2.75) is 11.8 Å². The summed E-state index contributed by atoms with van der Waals surface area (Å²) in [7, 11) is -2.56. The van der Waals surface area contributed by atoms with Gasteiger partial charge >= 0.3 is 0 Å². The van der Waals surface area contributed by atoms with Crippen molar-refractivity contribution < 1.29 is 22.3 Å². The van der Waals surface area contributed by atoms with Crippen molar-refractivity contribution in [1.82, 2.24) is 0 Å². The topological polar surface area (TPSA) is 84.5 Å². The molecule has 23 heavy (non-hydrogen) atoms. The normalized spacial score (nSPS) is 10.9. The van der Waals surface area contributed by atoms with E-state index < -0.39 is 21.7 Å². The highest BCUT2D eigenvalue weighted by atomic mass is 32.2. The second-order valence-corrected chi connectivity index (χ2v) is 6.28. The fourth-order valence-electron chi connectivity index (χ4n) is 1.93. The first-order valence-corrected chi connectivity index (χ1v) is 8.05. The number of nitrogens with one attached hydrogen (secondary N) is 2. The van der Waals surface area contributed by atoms with E-state index in [9.17, 15) is 17.6 Å². The van der Waals surface area contributed by atoms with E-state index in [1.807, 2.05) is 0 Å². The number of rotatable bonds is 5. The van der Waals surface area contributed by atoms with Crippen molar-refractivity contribution in [1.29, 1.82) is 0 Å². The molecule has 0 spiro atoms. The number of hydrogen-bond acceptors (Lipinski definition) is 4. The highest BCUT2D eigenvalue weighted by Gasteiger charge is 2.19. The van der Waals surface area contributed by atoms with Crippen LogP contribution in [0.15, 0.2) is 47.4 Å². The van der Waals surface area contributed by atoms with Gasteiger partial charge in [0.1, 0.15) is 16.5 Å². The molecule has 2 aromatic rings. The SMILES string of the molecule is COc1ccccc1S(=O)(=O)Nc1ccc(F)c(NC(C)=O)c1. The number of para-hydroxylation sites is 1. The largest absolute Gasteiger partial charge is 0.495 e. The molecule has 6 nitrogen and oxygen atoms in total. The van der Waals surface area contributed by atoms with Crippen LogP contribution in [0.5, 0.6) is 5.75 Å². The Balaban J connectivity index is 2.36. The van der Waals surface area contributed by atoms with Crippen LogP contribution >= 0.6 is 0 Å². The number of amides is 1. The summed E-state index contributed by atoms with van der Waals surface area (Å²) in [6.45, 7) is 1.23. The third kappa shape index (κ3) is 3.98. The van der Waals surface area contributed by atoms with Crippen LogP contribution in [0.2, 0.25) is 0 Å². The average Bonchev–Trinajstić information content (AvgIpc) is 2.50. The first-order chi connectivity index (χ1) is 10.8. The van der Waals surface area contributed by atoms with Crippen molar-refractivity contribution in [2.24, 2.45) is 0 Å². The number of carbonyl (C=O) groups excluding carboxylic acids is 1. The minimum Gasteiger partial charge on any atom is -0.495 e. The van der Waals surface area contributed by atoms with Gasteiger partial charge < -0.3 is 10.1 Å². The summed E-state index contributed by atoms with van der Waals surface area (Å²) in [6, 6.07) is 9.62. The van der Waals surface area contributed by atoms with Crippen molar-refractivity contribution >= 4 is 27.3 Å². The second kappa shape index (κ2) is 6.66. The maximum absolute atomic E-state index is 13.6. The third-order valence-electron chi connectivity index (χ3n) is 2.89. The first kappa shape index (κ1) is 16.8. The van der Waals surface area contributed by atoms with Crippen molar-refractivity contribution in [2.75, 3.05) is 17.1 Å². The molecule has 0 saturated carbocycles.